The first-order chi connectivity index (χ1) is 13.7. The summed E-state index contributed by atoms with van der Waals surface area (Å²) in [7, 11) is 1.94. The molecule has 0 radical (unpaired) electrons. The molecule has 2 aliphatic rings. The van der Waals surface area contributed by atoms with Gasteiger partial charge in [-0.25, -0.2) is 4.52 Å². The fourth-order valence-corrected chi connectivity index (χ4v) is 3.72. The molecule has 4 heterocycles. The molecule has 8 nitrogen and oxygen atoms in total. The molecule has 3 aromatic heterocycles. The third-order valence-corrected chi connectivity index (χ3v) is 5.44. The van der Waals surface area contributed by atoms with Crippen molar-refractivity contribution in [3.05, 3.63) is 36.2 Å². The predicted octanol–water partition coefficient (Wildman–Crippen LogP) is 1.96. The number of pyridine rings is 1. The van der Waals surface area contributed by atoms with Gasteiger partial charge in [0.25, 0.3) is 0 Å². The SMILES string of the molecule is Cn1ncc(COC2CCNC2)c1-c1ccn2nc(NC(=O)C3CC3)cc2c1. The molecule has 0 bridgehead atoms. The number of fused-ring (bicyclic) bond motifs is 1. The van der Waals surface area contributed by atoms with E-state index in [-0.39, 0.29) is 17.9 Å². The van der Waals surface area contributed by atoms with E-state index in [9.17, 15) is 4.79 Å². The summed E-state index contributed by atoms with van der Waals surface area (Å²) >= 11 is 0. The Morgan fingerprint density at radius 2 is 2.25 bits per heavy atom. The van der Waals surface area contributed by atoms with Gasteiger partial charge in [0.05, 0.1) is 30.1 Å². The second kappa shape index (κ2) is 7.03. The molecular formula is C20H24N6O2. The van der Waals surface area contributed by atoms with Crippen molar-refractivity contribution in [2.45, 2.75) is 32.0 Å². The van der Waals surface area contributed by atoms with Crippen molar-refractivity contribution in [2.24, 2.45) is 13.0 Å². The largest absolute Gasteiger partial charge is 0.372 e. The average molecular weight is 380 g/mol. The maximum atomic E-state index is 12.0. The van der Waals surface area contributed by atoms with Crippen LogP contribution in [-0.4, -0.2) is 44.5 Å². The minimum Gasteiger partial charge on any atom is -0.372 e. The fourth-order valence-electron chi connectivity index (χ4n) is 3.72. The van der Waals surface area contributed by atoms with Gasteiger partial charge < -0.3 is 15.4 Å². The van der Waals surface area contributed by atoms with Crippen molar-refractivity contribution in [3.63, 3.8) is 0 Å². The predicted molar refractivity (Wildman–Crippen MR) is 105 cm³/mol. The molecule has 8 heteroatoms. The summed E-state index contributed by atoms with van der Waals surface area (Å²) < 4.78 is 9.71. The lowest BCUT2D eigenvalue weighted by Gasteiger charge is -2.11. The summed E-state index contributed by atoms with van der Waals surface area (Å²) in [5.41, 5.74) is 4.09. The summed E-state index contributed by atoms with van der Waals surface area (Å²) in [6.45, 7) is 2.47. The van der Waals surface area contributed by atoms with Crippen LogP contribution < -0.4 is 10.6 Å². The lowest BCUT2D eigenvalue weighted by molar-refractivity contribution is -0.117. The molecule has 0 spiro atoms. The van der Waals surface area contributed by atoms with Gasteiger partial charge in [0.1, 0.15) is 0 Å². The highest BCUT2D eigenvalue weighted by molar-refractivity contribution is 5.93. The van der Waals surface area contributed by atoms with Crippen LogP contribution in [-0.2, 0) is 23.2 Å². The van der Waals surface area contributed by atoms with Crippen molar-refractivity contribution in [3.8, 4) is 11.3 Å². The first-order valence-electron chi connectivity index (χ1n) is 9.81. The summed E-state index contributed by atoms with van der Waals surface area (Å²) in [4.78, 5) is 12.0. The second-order valence-corrected chi connectivity index (χ2v) is 7.65. The maximum absolute atomic E-state index is 12.0. The van der Waals surface area contributed by atoms with Gasteiger partial charge in [-0.15, -0.1) is 0 Å². The lowest BCUT2D eigenvalue weighted by atomic mass is 10.1. The van der Waals surface area contributed by atoms with E-state index >= 15 is 0 Å². The van der Waals surface area contributed by atoms with E-state index in [1.807, 2.05) is 36.3 Å². The molecule has 1 amide bonds. The molecule has 3 aromatic rings. The van der Waals surface area contributed by atoms with E-state index in [0.717, 1.165) is 54.7 Å². The first-order valence-corrected chi connectivity index (χ1v) is 9.81. The summed E-state index contributed by atoms with van der Waals surface area (Å²) in [5, 5.41) is 15.1. The van der Waals surface area contributed by atoms with Crippen LogP contribution in [0, 0.1) is 5.92 Å². The van der Waals surface area contributed by atoms with Gasteiger partial charge in [-0.3, -0.25) is 9.48 Å². The van der Waals surface area contributed by atoms with Crippen LogP contribution in [0.5, 0.6) is 0 Å². The Bertz CT molecular complexity index is 1010. The highest BCUT2D eigenvalue weighted by atomic mass is 16.5. The van der Waals surface area contributed by atoms with E-state index in [4.69, 9.17) is 4.74 Å². The molecule has 1 saturated heterocycles. The van der Waals surface area contributed by atoms with Crippen molar-refractivity contribution in [1.29, 1.82) is 0 Å². The van der Waals surface area contributed by atoms with Crippen molar-refractivity contribution in [2.75, 3.05) is 18.4 Å². The molecule has 1 saturated carbocycles. The molecule has 0 aromatic carbocycles. The number of carbonyl (C=O) groups excluding carboxylic acids is 1. The number of ether oxygens (including phenoxy) is 1. The van der Waals surface area contributed by atoms with Gasteiger partial charge in [0.2, 0.25) is 5.91 Å². The molecule has 2 fully saturated rings. The Balaban J connectivity index is 1.39. The van der Waals surface area contributed by atoms with Crippen LogP contribution in [0.25, 0.3) is 16.8 Å². The zero-order valence-electron chi connectivity index (χ0n) is 15.9. The van der Waals surface area contributed by atoms with Crippen molar-refractivity contribution < 1.29 is 9.53 Å². The van der Waals surface area contributed by atoms with Gasteiger partial charge in [-0.2, -0.15) is 10.2 Å². The van der Waals surface area contributed by atoms with E-state index in [0.29, 0.717) is 12.4 Å². The highest BCUT2D eigenvalue weighted by Crippen LogP contribution is 2.30. The van der Waals surface area contributed by atoms with E-state index in [1.165, 1.54) is 0 Å². The molecule has 1 aliphatic heterocycles. The number of carbonyl (C=O) groups is 1. The number of aryl methyl sites for hydroxylation is 1. The number of rotatable bonds is 6. The molecule has 2 N–H and O–H groups in total. The van der Waals surface area contributed by atoms with Crippen LogP contribution in [0.15, 0.2) is 30.6 Å². The summed E-state index contributed by atoms with van der Waals surface area (Å²) in [6, 6.07) is 5.99. The van der Waals surface area contributed by atoms with Gasteiger partial charge >= 0.3 is 0 Å². The van der Waals surface area contributed by atoms with E-state index in [1.54, 1.807) is 4.52 Å². The molecule has 28 heavy (non-hydrogen) atoms. The van der Waals surface area contributed by atoms with Crippen LogP contribution in [0.3, 0.4) is 0 Å². The standard InChI is InChI=1S/C20H24N6O2/c1-25-19(15(10-22-25)12-28-17-4-6-21-11-17)14-5-7-26-16(8-14)9-18(24-26)23-20(27)13-2-3-13/h5,7-10,13,17,21H,2-4,6,11-12H2,1H3,(H,23,24,27). The van der Waals surface area contributed by atoms with Gasteiger partial charge in [-0.1, -0.05) is 0 Å². The second-order valence-electron chi connectivity index (χ2n) is 7.65. The summed E-state index contributed by atoms with van der Waals surface area (Å²) in [6.07, 6.45) is 7.06. The summed E-state index contributed by atoms with van der Waals surface area (Å²) in [5.74, 6) is 0.819. The van der Waals surface area contributed by atoms with Crippen LogP contribution in [0.1, 0.15) is 24.8 Å². The minimum absolute atomic E-state index is 0.0658. The third-order valence-electron chi connectivity index (χ3n) is 5.44. The monoisotopic (exact) mass is 380 g/mol. The quantitative estimate of drug-likeness (QED) is 0.683. The van der Waals surface area contributed by atoms with Gasteiger partial charge in [0.15, 0.2) is 5.82 Å². The van der Waals surface area contributed by atoms with Crippen LogP contribution >= 0.6 is 0 Å². The Morgan fingerprint density at radius 1 is 1.36 bits per heavy atom. The number of hydrogen-bond donors (Lipinski definition) is 2. The molecule has 1 atom stereocenters. The smallest absolute Gasteiger partial charge is 0.228 e. The number of hydrogen-bond acceptors (Lipinski definition) is 5. The lowest BCUT2D eigenvalue weighted by Crippen LogP contribution is -2.16. The molecule has 1 aliphatic carbocycles. The number of amides is 1. The van der Waals surface area contributed by atoms with Crippen molar-refractivity contribution in [1.82, 2.24) is 24.7 Å². The number of aromatic nitrogens is 4. The number of anilines is 1. The highest BCUT2D eigenvalue weighted by Gasteiger charge is 2.30. The molecule has 146 valence electrons. The minimum atomic E-state index is 0.0658. The average Bonchev–Trinajstić information content (AvgIpc) is 3.09. The van der Waals surface area contributed by atoms with Crippen molar-refractivity contribution >= 4 is 17.2 Å². The Kier molecular flexibility index (Phi) is 4.37. The fraction of sp³-hybridized carbons (Fsp3) is 0.450. The van der Waals surface area contributed by atoms with Crippen LogP contribution in [0.2, 0.25) is 0 Å². The van der Waals surface area contributed by atoms with Gasteiger partial charge in [-0.05, 0) is 37.9 Å². The molecule has 1 unspecified atom stereocenters. The molecular weight excluding hydrogens is 356 g/mol. The number of nitrogens with one attached hydrogen (secondary N) is 2. The maximum Gasteiger partial charge on any atom is 0.228 e. The van der Waals surface area contributed by atoms with E-state index in [2.05, 4.69) is 26.9 Å². The van der Waals surface area contributed by atoms with Gasteiger partial charge in [0, 0.05) is 42.9 Å². The Labute approximate surface area is 162 Å². The zero-order chi connectivity index (χ0) is 19.1. The first kappa shape index (κ1) is 17.4. The number of nitrogens with zero attached hydrogens (tertiary/aromatic N) is 4. The third kappa shape index (κ3) is 3.41. The van der Waals surface area contributed by atoms with E-state index < -0.39 is 0 Å². The zero-order valence-corrected chi connectivity index (χ0v) is 15.9. The topological polar surface area (TPSA) is 85.5 Å². The van der Waals surface area contributed by atoms with Crippen LogP contribution in [0.4, 0.5) is 5.82 Å². The Morgan fingerprint density at radius 3 is 3.04 bits per heavy atom. The normalized spacial score (nSPS) is 19.4. The molecule has 5 rings (SSSR count). The Hall–Kier alpha value is -2.71.